The largest absolute Gasteiger partial charge is 0.334 e. The van der Waals surface area contributed by atoms with Gasteiger partial charge in [0.05, 0.1) is 6.54 Å². The van der Waals surface area contributed by atoms with E-state index in [0.717, 1.165) is 12.0 Å². The average Bonchev–Trinajstić information content (AvgIpc) is 2.49. The van der Waals surface area contributed by atoms with Crippen LogP contribution in [0.2, 0.25) is 0 Å². The van der Waals surface area contributed by atoms with E-state index in [1.54, 1.807) is 4.90 Å². The number of benzene rings is 1. The molecule has 0 bridgehead atoms. The van der Waals surface area contributed by atoms with E-state index in [0.29, 0.717) is 19.0 Å². The quantitative estimate of drug-likeness (QED) is 0.738. The van der Waals surface area contributed by atoms with Crippen molar-refractivity contribution in [1.82, 2.24) is 9.80 Å². The Kier molecular flexibility index (Phi) is 7.79. The van der Waals surface area contributed by atoms with Crippen LogP contribution in [0.5, 0.6) is 0 Å². The molecule has 4 nitrogen and oxygen atoms in total. The summed E-state index contributed by atoms with van der Waals surface area (Å²) in [6.07, 6.45) is 0.910. The van der Waals surface area contributed by atoms with E-state index in [1.165, 1.54) is 6.92 Å². The molecule has 0 atom stereocenters. The molecule has 23 heavy (non-hydrogen) atoms. The summed E-state index contributed by atoms with van der Waals surface area (Å²) in [5.74, 6) is 0.475. The molecule has 0 aliphatic carbocycles. The molecule has 0 aromatic heterocycles. The first kappa shape index (κ1) is 19.2. The molecule has 0 aliphatic heterocycles. The van der Waals surface area contributed by atoms with Gasteiger partial charge < -0.3 is 9.80 Å². The first-order valence-electron chi connectivity index (χ1n) is 8.40. The monoisotopic (exact) mass is 318 g/mol. The molecule has 0 saturated carbocycles. The summed E-state index contributed by atoms with van der Waals surface area (Å²) in [6.45, 7) is 11.2. The Morgan fingerprint density at radius 2 is 1.65 bits per heavy atom. The van der Waals surface area contributed by atoms with Gasteiger partial charge in [0.2, 0.25) is 11.8 Å². The zero-order chi connectivity index (χ0) is 17.4. The molecule has 0 aliphatic rings. The fraction of sp³-hybridized carbons (Fsp3) is 0.579. The van der Waals surface area contributed by atoms with Gasteiger partial charge in [-0.1, -0.05) is 44.2 Å². The van der Waals surface area contributed by atoms with Crippen LogP contribution in [0.1, 0.15) is 46.6 Å². The molecule has 0 heterocycles. The van der Waals surface area contributed by atoms with Gasteiger partial charge in [-0.25, -0.2) is 0 Å². The molecule has 0 spiro atoms. The fourth-order valence-corrected chi connectivity index (χ4v) is 2.35. The van der Waals surface area contributed by atoms with Crippen molar-refractivity contribution >= 4 is 11.8 Å². The van der Waals surface area contributed by atoms with Crippen LogP contribution in [-0.2, 0) is 16.1 Å². The minimum absolute atomic E-state index is 0.00260. The lowest BCUT2D eigenvalue weighted by Gasteiger charge is -2.30. The molecule has 128 valence electrons. The van der Waals surface area contributed by atoms with Crippen LogP contribution in [0.25, 0.3) is 0 Å². The van der Waals surface area contributed by atoms with E-state index in [-0.39, 0.29) is 24.4 Å². The van der Waals surface area contributed by atoms with Gasteiger partial charge in [-0.05, 0) is 31.7 Å². The van der Waals surface area contributed by atoms with E-state index >= 15 is 0 Å². The molecule has 0 fully saturated rings. The van der Waals surface area contributed by atoms with E-state index in [1.807, 2.05) is 49.1 Å². The molecule has 2 amide bonds. The van der Waals surface area contributed by atoms with Crippen LogP contribution in [-0.4, -0.2) is 40.7 Å². The summed E-state index contributed by atoms with van der Waals surface area (Å²) in [5, 5.41) is 0. The van der Waals surface area contributed by atoms with Crippen molar-refractivity contribution < 1.29 is 9.59 Å². The third kappa shape index (κ3) is 6.85. The van der Waals surface area contributed by atoms with Gasteiger partial charge >= 0.3 is 0 Å². The third-order valence-corrected chi connectivity index (χ3v) is 3.89. The zero-order valence-electron chi connectivity index (χ0n) is 15.1. The van der Waals surface area contributed by atoms with E-state index < -0.39 is 0 Å². The van der Waals surface area contributed by atoms with Crippen molar-refractivity contribution in [2.45, 2.75) is 53.6 Å². The average molecular weight is 318 g/mol. The molecular formula is C19H30N2O2. The summed E-state index contributed by atoms with van der Waals surface area (Å²) in [7, 11) is 0. The lowest BCUT2D eigenvalue weighted by Crippen LogP contribution is -2.45. The lowest BCUT2D eigenvalue weighted by atomic mass is 10.1. The SMILES string of the molecule is CC(=O)N(CCC(C)C)CC(=O)N(Cc1ccccc1)C(C)C. The maximum atomic E-state index is 12.7. The minimum Gasteiger partial charge on any atom is -0.334 e. The second-order valence-corrected chi connectivity index (χ2v) is 6.72. The fourth-order valence-electron chi connectivity index (χ4n) is 2.35. The first-order chi connectivity index (χ1) is 10.8. The van der Waals surface area contributed by atoms with Crippen molar-refractivity contribution in [3.63, 3.8) is 0 Å². The van der Waals surface area contributed by atoms with Crippen LogP contribution in [0.3, 0.4) is 0 Å². The highest BCUT2D eigenvalue weighted by Crippen LogP contribution is 2.10. The normalized spacial score (nSPS) is 10.9. The molecule has 0 radical (unpaired) electrons. The molecule has 0 unspecified atom stereocenters. The maximum Gasteiger partial charge on any atom is 0.242 e. The van der Waals surface area contributed by atoms with Crippen LogP contribution in [0.15, 0.2) is 30.3 Å². The van der Waals surface area contributed by atoms with Gasteiger partial charge in [-0.2, -0.15) is 0 Å². The number of carbonyl (C=O) groups excluding carboxylic acids is 2. The van der Waals surface area contributed by atoms with E-state index in [9.17, 15) is 9.59 Å². The first-order valence-corrected chi connectivity index (χ1v) is 8.40. The Morgan fingerprint density at radius 3 is 2.13 bits per heavy atom. The molecule has 0 N–H and O–H groups in total. The highest BCUT2D eigenvalue weighted by molar-refractivity contribution is 5.84. The van der Waals surface area contributed by atoms with Crippen LogP contribution < -0.4 is 0 Å². The lowest BCUT2D eigenvalue weighted by molar-refractivity contribution is -0.141. The summed E-state index contributed by atoms with van der Waals surface area (Å²) in [4.78, 5) is 28.0. The number of rotatable bonds is 8. The molecule has 4 heteroatoms. The van der Waals surface area contributed by atoms with Crippen LogP contribution in [0.4, 0.5) is 0 Å². The van der Waals surface area contributed by atoms with Crippen molar-refractivity contribution in [2.24, 2.45) is 5.92 Å². The molecule has 1 rings (SSSR count). The van der Waals surface area contributed by atoms with Gasteiger partial charge in [-0.3, -0.25) is 9.59 Å². The van der Waals surface area contributed by atoms with Crippen LogP contribution in [0, 0.1) is 5.92 Å². The summed E-state index contributed by atoms with van der Waals surface area (Å²) in [6, 6.07) is 10.1. The molecule has 0 saturated heterocycles. The Balaban J connectivity index is 2.74. The van der Waals surface area contributed by atoms with Crippen molar-refractivity contribution in [1.29, 1.82) is 0 Å². The standard InChI is InChI=1S/C19H30N2O2/c1-15(2)11-12-20(17(5)22)14-19(23)21(16(3)4)13-18-9-7-6-8-10-18/h6-10,15-16H,11-14H2,1-5H3. The predicted molar refractivity (Wildman–Crippen MR) is 93.8 cm³/mol. The van der Waals surface area contributed by atoms with Gasteiger partial charge in [0.15, 0.2) is 0 Å². The van der Waals surface area contributed by atoms with Crippen molar-refractivity contribution in [3.8, 4) is 0 Å². The van der Waals surface area contributed by atoms with Crippen molar-refractivity contribution in [2.75, 3.05) is 13.1 Å². The maximum absolute atomic E-state index is 12.7. The Bertz CT molecular complexity index is 497. The highest BCUT2D eigenvalue weighted by Gasteiger charge is 2.21. The molecule has 1 aromatic rings. The van der Waals surface area contributed by atoms with Crippen LogP contribution >= 0.6 is 0 Å². The number of hydrogen-bond donors (Lipinski definition) is 0. The second-order valence-electron chi connectivity index (χ2n) is 6.72. The topological polar surface area (TPSA) is 40.6 Å². The summed E-state index contributed by atoms with van der Waals surface area (Å²) in [5.41, 5.74) is 1.10. The number of carbonyl (C=O) groups is 2. The highest BCUT2D eigenvalue weighted by atomic mass is 16.2. The third-order valence-electron chi connectivity index (χ3n) is 3.89. The van der Waals surface area contributed by atoms with Crippen molar-refractivity contribution in [3.05, 3.63) is 35.9 Å². The molecule has 1 aromatic carbocycles. The number of nitrogens with zero attached hydrogens (tertiary/aromatic N) is 2. The summed E-state index contributed by atoms with van der Waals surface area (Å²) >= 11 is 0. The predicted octanol–water partition coefficient (Wildman–Crippen LogP) is 3.32. The molecular weight excluding hydrogens is 288 g/mol. The zero-order valence-corrected chi connectivity index (χ0v) is 15.1. The van der Waals surface area contributed by atoms with E-state index in [2.05, 4.69) is 13.8 Å². The van der Waals surface area contributed by atoms with Gasteiger partial charge in [0.25, 0.3) is 0 Å². The van der Waals surface area contributed by atoms with E-state index in [4.69, 9.17) is 0 Å². The second kappa shape index (κ2) is 9.33. The smallest absolute Gasteiger partial charge is 0.242 e. The van der Waals surface area contributed by atoms with Gasteiger partial charge in [0.1, 0.15) is 0 Å². The Hall–Kier alpha value is -1.84. The summed E-state index contributed by atoms with van der Waals surface area (Å²) < 4.78 is 0. The Labute approximate surface area is 140 Å². The van der Waals surface area contributed by atoms with Gasteiger partial charge in [-0.15, -0.1) is 0 Å². The Morgan fingerprint density at radius 1 is 1.04 bits per heavy atom. The van der Waals surface area contributed by atoms with Gasteiger partial charge in [0, 0.05) is 26.1 Å². The minimum atomic E-state index is -0.0394. The number of hydrogen-bond acceptors (Lipinski definition) is 2. The number of amides is 2.